The monoisotopic (exact) mass is 513 g/mol. The molecular weight excluding hydrogens is 485 g/mol. The van der Waals surface area contributed by atoms with Gasteiger partial charge >= 0.3 is 0 Å². The second kappa shape index (κ2) is 11.9. The van der Waals surface area contributed by atoms with Gasteiger partial charge < -0.3 is 20.4 Å². The lowest BCUT2D eigenvalue weighted by atomic mass is 10.2. The second-order valence-corrected chi connectivity index (χ2v) is 7.42. The van der Waals surface area contributed by atoms with E-state index in [1.807, 2.05) is 17.0 Å². The number of anilines is 1. The van der Waals surface area contributed by atoms with Crippen LogP contribution in [0.15, 0.2) is 52.8 Å². The van der Waals surface area contributed by atoms with Crippen LogP contribution in [0, 0.1) is 0 Å². The van der Waals surface area contributed by atoms with Gasteiger partial charge in [-0.2, -0.15) is 0 Å². The number of carbonyl (C=O) groups excluding carboxylic acids is 1. The molecule has 0 radical (unpaired) electrons. The molecule has 3 rings (SSSR count). The van der Waals surface area contributed by atoms with Crippen molar-refractivity contribution in [3.63, 3.8) is 0 Å². The van der Waals surface area contributed by atoms with Crippen molar-refractivity contribution >= 4 is 52.9 Å². The number of halogens is 1. The molecule has 28 heavy (non-hydrogen) atoms. The molecule has 2 N–H and O–H groups in total. The van der Waals surface area contributed by atoms with Crippen LogP contribution in [-0.2, 0) is 11.3 Å². The molecular formula is C20H28IN5OS. The third-order valence-electron chi connectivity index (χ3n) is 4.62. The van der Waals surface area contributed by atoms with Crippen molar-refractivity contribution in [2.24, 2.45) is 4.99 Å². The third kappa shape index (κ3) is 6.66. The number of guanidine groups is 1. The highest BCUT2D eigenvalue weighted by molar-refractivity contribution is 14.0. The van der Waals surface area contributed by atoms with Crippen LogP contribution in [-0.4, -0.2) is 56.5 Å². The standard InChI is InChI=1S/C20H27N5OS.HI/c1-21-20(23-16-18-8-5-15-27-18)22-10-9-19(26)25-13-11-24(12-14-25)17-6-3-2-4-7-17;/h2-8,15H,9-14,16H2,1H3,(H2,21,22,23);1H. The zero-order valence-electron chi connectivity index (χ0n) is 16.1. The fourth-order valence-corrected chi connectivity index (χ4v) is 3.75. The van der Waals surface area contributed by atoms with Gasteiger partial charge in [-0.1, -0.05) is 24.3 Å². The van der Waals surface area contributed by atoms with E-state index in [9.17, 15) is 4.79 Å². The average molecular weight is 513 g/mol. The van der Waals surface area contributed by atoms with Crippen molar-refractivity contribution in [2.45, 2.75) is 13.0 Å². The molecule has 0 spiro atoms. The van der Waals surface area contributed by atoms with Crippen molar-refractivity contribution in [2.75, 3.05) is 44.7 Å². The zero-order valence-corrected chi connectivity index (χ0v) is 19.3. The van der Waals surface area contributed by atoms with Crippen LogP contribution in [0.5, 0.6) is 0 Å². The van der Waals surface area contributed by atoms with Crippen molar-refractivity contribution in [3.05, 3.63) is 52.7 Å². The highest BCUT2D eigenvalue weighted by atomic mass is 127. The number of benzene rings is 1. The first kappa shape index (κ1) is 22.5. The summed E-state index contributed by atoms with van der Waals surface area (Å²) in [5.74, 6) is 0.925. The minimum Gasteiger partial charge on any atom is -0.368 e. The number of nitrogens with one attached hydrogen (secondary N) is 2. The number of thiophene rings is 1. The molecule has 0 bridgehead atoms. The van der Waals surface area contributed by atoms with Gasteiger partial charge in [-0.3, -0.25) is 9.79 Å². The molecule has 1 aliphatic heterocycles. The number of nitrogens with zero attached hydrogens (tertiary/aromatic N) is 3. The van der Waals surface area contributed by atoms with Crippen molar-refractivity contribution < 1.29 is 4.79 Å². The Balaban J connectivity index is 0.00000280. The minimum absolute atomic E-state index is 0. The predicted octanol–water partition coefficient (Wildman–Crippen LogP) is 2.77. The number of hydrogen-bond acceptors (Lipinski definition) is 4. The molecule has 1 amide bonds. The summed E-state index contributed by atoms with van der Waals surface area (Å²) in [5.41, 5.74) is 1.23. The summed E-state index contributed by atoms with van der Waals surface area (Å²) in [4.78, 5) is 22.2. The molecule has 6 nitrogen and oxygen atoms in total. The lowest BCUT2D eigenvalue weighted by Crippen LogP contribution is -2.49. The number of para-hydroxylation sites is 1. The fraction of sp³-hybridized carbons (Fsp3) is 0.400. The van der Waals surface area contributed by atoms with Crippen LogP contribution in [0.25, 0.3) is 0 Å². The Morgan fingerprint density at radius 1 is 1.07 bits per heavy atom. The Morgan fingerprint density at radius 2 is 1.82 bits per heavy atom. The Bertz CT molecular complexity index is 730. The van der Waals surface area contributed by atoms with E-state index < -0.39 is 0 Å². The molecule has 1 aromatic heterocycles. The first-order valence-electron chi connectivity index (χ1n) is 9.31. The maximum absolute atomic E-state index is 12.5. The quantitative estimate of drug-likeness (QED) is 0.355. The lowest BCUT2D eigenvalue weighted by molar-refractivity contribution is -0.131. The summed E-state index contributed by atoms with van der Waals surface area (Å²) in [7, 11) is 1.74. The number of aliphatic imine (C=N–C) groups is 1. The van der Waals surface area contributed by atoms with E-state index in [1.165, 1.54) is 10.6 Å². The summed E-state index contributed by atoms with van der Waals surface area (Å²) in [5, 5.41) is 8.55. The summed E-state index contributed by atoms with van der Waals surface area (Å²) >= 11 is 1.71. The number of piperazine rings is 1. The number of hydrogen-bond donors (Lipinski definition) is 2. The second-order valence-electron chi connectivity index (χ2n) is 6.39. The van der Waals surface area contributed by atoms with Gasteiger partial charge in [0.05, 0.1) is 6.54 Å². The summed E-state index contributed by atoms with van der Waals surface area (Å²) in [6.45, 7) is 4.65. The van der Waals surface area contributed by atoms with Crippen molar-refractivity contribution in [3.8, 4) is 0 Å². The van der Waals surface area contributed by atoms with E-state index in [-0.39, 0.29) is 29.9 Å². The van der Waals surface area contributed by atoms with Crippen molar-refractivity contribution in [1.82, 2.24) is 15.5 Å². The Labute approximate surface area is 188 Å². The van der Waals surface area contributed by atoms with Crippen LogP contribution < -0.4 is 15.5 Å². The first-order chi connectivity index (χ1) is 13.3. The molecule has 1 saturated heterocycles. The van der Waals surface area contributed by atoms with E-state index in [2.05, 4.69) is 56.2 Å². The van der Waals surface area contributed by atoms with Crippen LogP contribution >= 0.6 is 35.3 Å². The molecule has 2 aromatic rings. The van der Waals surface area contributed by atoms with Gasteiger partial charge in [0.2, 0.25) is 5.91 Å². The summed E-state index contributed by atoms with van der Waals surface area (Å²) in [6, 6.07) is 14.5. The normalized spacial score (nSPS) is 14.4. The molecule has 0 unspecified atom stereocenters. The Morgan fingerprint density at radius 3 is 2.46 bits per heavy atom. The van der Waals surface area contributed by atoms with Crippen LogP contribution in [0.3, 0.4) is 0 Å². The highest BCUT2D eigenvalue weighted by Gasteiger charge is 2.20. The minimum atomic E-state index is 0. The Kier molecular flexibility index (Phi) is 9.56. The SMILES string of the molecule is CN=C(NCCC(=O)N1CCN(c2ccccc2)CC1)NCc1cccs1.I. The van der Waals surface area contributed by atoms with Crippen LogP contribution in [0.4, 0.5) is 5.69 Å². The van der Waals surface area contributed by atoms with Crippen LogP contribution in [0.2, 0.25) is 0 Å². The number of rotatable bonds is 6. The van der Waals surface area contributed by atoms with Crippen molar-refractivity contribution in [1.29, 1.82) is 0 Å². The molecule has 1 aliphatic rings. The number of amides is 1. The summed E-state index contributed by atoms with van der Waals surface area (Å²) < 4.78 is 0. The van der Waals surface area contributed by atoms with E-state index in [1.54, 1.807) is 18.4 Å². The third-order valence-corrected chi connectivity index (χ3v) is 5.50. The topological polar surface area (TPSA) is 60.0 Å². The van der Waals surface area contributed by atoms with Gasteiger partial charge in [-0.15, -0.1) is 35.3 Å². The van der Waals surface area contributed by atoms with Gasteiger partial charge in [-0.25, -0.2) is 0 Å². The smallest absolute Gasteiger partial charge is 0.224 e. The molecule has 1 fully saturated rings. The highest BCUT2D eigenvalue weighted by Crippen LogP contribution is 2.15. The zero-order chi connectivity index (χ0) is 18.9. The van der Waals surface area contributed by atoms with Crippen LogP contribution in [0.1, 0.15) is 11.3 Å². The maximum atomic E-state index is 12.5. The average Bonchev–Trinajstić information content (AvgIpc) is 3.25. The summed E-state index contributed by atoms with van der Waals surface area (Å²) in [6.07, 6.45) is 0.477. The van der Waals surface area contributed by atoms with Gasteiger partial charge in [0.15, 0.2) is 5.96 Å². The Hall–Kier alpha value is -1.81. The van der Waals surface area contributed by atoms with E-state index in [0.29, 0.717) is 13.0 Å². The molecule has 2 heterocycles. The molecule has 8 heteroatoms. The molecule has 0 aliphatic carbocycles. The van der Waals surface area contributed by atoms with Gasteiger partial charge in [0.1, 0.15) is 0 Å². The molecule has 1 aromatic carbocycles. The fourth-order valence-electron chi connectivity index (χ4n) is 3.10. The number of carbonyl (C=O) groups is 1. The van der Waals surface area contributed by atoms with E-state index in [4.69, 9.17) is 0 Å². The van der Waals surface area contributed by atoms with E-state index >= 15 is 0 Å². The largest absolute Gasteiger partial charge is 0.368 e. The maximum Gasteiger partial charge on any atom is 0.224 e. The molecule has 0 saturated carbocycles. The molecule has 0 atom stereocenters. The van der Waals surface area contributed by atoms with Gasteiger partial charge in [0, 0.05) is 56.8 Å². The van der Waals surface area contributed by atoms with E-state index in [0.717, 1.165) is 38.7 Å². The predicted molar refractivity (Wildman–Crippen MR) is 128 cm³/mol. The molecule has 152 valence electrons. The van der Waals surface area contributed by atoms with Gasteiger partial charge in [-0.05, 0) is 23.6 Å². The van der Waals surface area contributed by atoms with Gasteiger partial charge in [0.25, 0.3) is 0 Å². The first-order valence-corrected chi connectivity index (χ1v) is 10.2. The lowest BCUT2D eigenvalue weighted by Gasteiger charge is -2.36.